The molecule has 0 aromatic heterocycles. The number of thioether (sulfide) groups is 1. The van der Waals surface area contributed by atoms with E-state index < -0.39 is 0 Å². The van der Waals surface area contributed by atoms with Crippen molar-refractivity contribution in [1.29, 1.82) is 0 Å². The molecule has 0 saturated carbocycles. The van der Waals surface area contributed by atoms with Gasteiger partial charge in [0.15, 0.2) is 0 Å². The Balaban J connectivity index is 2.36. The molecule has 0 N–H and O–H groups in total. The van der Waals surface area contributed by atoms with Gasteiger partial charge in [-0.05, 0) is 32.1 Å². The lowest BCUT2D eigenvalue weighted by atomic mass is 10.1. The first-order valence-electron chi connectivity index (χ1n) is 5.41. The topological polar surface area (TPSA) is 0 Å². The summed E-state index contributed by atoms with van der Waals surface area (Å²) in [5.74, 6) is 0. The zero-order valence-corrected chi connectivity index (χ0v) is 9.99. The van der Waals surface area contributed by atoms with E-state index >= 15 is 0 Å². The maximum absolute atomic E-state index is 2.36. The maximum Gasteiger partial charge on any atom is 0.00778 e. The van der Waals surface area contributed by atoms with E-state index in [1.54, 1.807) is 0 Å². The third-order valence-electron chi connectivity index (χ3n) is 2.24. The van der Waals surface area contributed by atoms with Crippen molar-refractivity contribution in [1.82, 2.24) is 0 Å². The second-order valence-electron chi connectivity index (χ2n) is 4.83. The Labute approximate surface area is 87.2 Å². The SMILES string of the molecule is CC(C)(C)SC1CC/C=C\CCC1. The molecule has 1 aliphatic rings. The molecule has 0 amide bonds. The lowest BCUT2D eigenvalue weighted by Crippen LogP contribution is -2.16. The van der Waals surface area contributed by atoms with Gasteiger partial charge < -0.3 is 0 Å². The number of allylic oxidation sites excluding steroid dienone is 2. The lowest BCUT2D eigenvalue weighted by Gasteiger charge is -2.26. The molecule has 0 radical (unpaired) electrons. The molecule has 13 heavy (non-hydrogen) atoms. The van der Waals surface area contributed by atoms with Crippen LogP contribution in [0.1, 0.15) is 52.9 Å². The van der Waals surface area contributed by atoms with Gasteiger partial charge in [-0.25, -0.2) is 0 Å². The van der Waals surface area contributed by atoms with Crippen molar-refractivity contribution in [3.05, 3.63) is 12.2 Å². The average Bonchev–Trinajstić information content (AvgIpc) is 1.92. The van der Waals surface area contributed by atoms with Gasteiger partial charge in [-0.3, -0.25) is 0 Å². The van der Waals surface area contributed by atoms with Crippen LogP contribution in [0.3, 0.4) is 0 Å². The largest absolute Gasteiger partial charge is 0.153 e. The highest BCUT2D eigenvalue weighted by Gasteiger charge is 2.18. The van der Waals surface area contributed by atoms with Gasteiger partial charge in [0.2, 0.25) is 0 Å². The highest BCUT2D eigenvalue weighted by Crippen LogP contribution is 2.34. The molecular weight excluding hydrogens is 176 g/mol. The minimum absolute atomic E-state index is 0.438. The minimum atomic E-state index is 0.438. The Morgan fingerprint density at radius 1 is 1.08 bits per heavy atom. The predicted octanol–water partition coefficient (Wildman–Crippen LogP) is 4.41. The normalized spacial score (nSPS) is 27.8. The van der Waals surface area contributed by atoms with E-state index in [4.69, 9.17) is 0 Å². The smallest absolute Gasteiger partial charge is 0.00778 e. The highest BCUT2D eigenvalue weighted by atomic mass is 32.2. The fourth-order valence-electron chi connectivity index (χ4n) is 1.74. The van der Waals surface area contributed by atoms with E-state index in [2.05, 4.69) is 44.7 Å². The van der Waals surface area contributed by atoms with Crippen molar-refractivity contribution in [3.8, 4) is 0 Å². The van der Waals surface area contributed by atoms with Crippen LogP contribution in [0, 0.1) is 0 Å². The van der Waals surface area contributed by atoms with Crippen LogP contribution in [-0.4, -0.2) is 10.00 Å². The van der Waals surface area contributed by atoms with E-state index in [9.17, 15) is 0 Å². The Hall–Kier alpha value is 0.0900. The average molecular weight is 198 g/mol. The first-order valence-corrected chi connectivity index (χ1v) is 6.29. The molecular formula is C12H22S. The van der Waals surface area contributed by atoms with Gasteiger partial charge in [0, 0.05) is 10.00 Å². The summed E-state index contributed by atoms with van der Waals surface area (Å²) in [5, 5.41) is 0.893. The summed E-state index contributed by atoms with van der Waals surface area (Å²) in [4.78, 5) is 0. The molecule has 0 aliphatic heterocycles. The van der Waals surface area contributed by atoms with Gasteiger partial charge >= 0.3 is 0 Å². The van der Waals surface area contributed by atoms with Crippen molar-refractivity contribution < 1.29 is 0 Å². The van der Waals surface area contributed by atoms with Gasteiger partial charge in [0.05, 0.1) is 0 Å². The van der Waals surface area contributed by atoms with E-state index in [1.165, 1.54) is 32.1 Å². The molecule has 0 fully saturated rings. The van der Waals surface area contributed by atoms with E-state index in [0.29, 0.717) is 4.75 Å². The fraction of sp³-hybridized carbons (Fsp3) is 0.833. The molecule has 0 heterocycles. The summed E-state index contributed by atoms with van der Waals surface area (Å²) in [5.41, 5.74) is 0. The summed E-state index contributed by atoms with van der Waals surface area (Å²) in [7, 11) is 0. The molecule has 0 nitrogen and oxygen atoms in total. The number of rotatable bonds is 1. The Kier molecular flexibility index (Phi) is 4.37. The quantitative estimate of drug-likeness (QED) is 0.562. The van der Waals surface area contributed by atoms with Crippen LogP contribution in [0.15, 0.2) is 12.2 Å². The number of hydrogen-bond donors (Lipinski definition) is 0. The molecule has 76 valence electrons. The molecule has 1 atom stereocenters. The van der Waals surface area contributed by atoms with Gasteiger partial charge in [-0.1, -0.05) is 32.9 Å². The monoisotopic (exact) mass is 198 g/mol. The second kappa shape index (κ2) is 5.09. The molecule has 0 spiro atoms. The van der Waals surface area contributed by atoms with Gasteiger partial charge in [-0.2, -0.15) is 11.8 Å². The Morgan fingerprint density at radius 3 is 2.46 bits per heavy atom. The van der Waals surface area contributed by atoms with E-state index in [0.717, 1.165) is 5.25 Å². The van der Waals surface area contributed by atoms with Crippen LogP contribution >= 0.6 is 11.8 Å². The van der Waals surface area contributed by atoms with Crippen molar-refractivity contribution in [2.24, 2.45) is 0 Å². The highest BCUT2D eigenvalue weighted by molar-refractivity contribution is 8.01. The summed E-state index contributed by atoms with van der Waals surface area (Å²) in [6, 6.07) is 0. The number of hydrogen-bond acceptors (Lipinski definition) is 1. The Bertz CT molecular complexity index is 164. The van der Waals surface area contributed by atoms with Crippen LogP contribution < -0.4 is 0 Å². The molecule has 0 bridgehead atoms. The van der Waals surface area contributed by atoms with Crippen LogP contribution in [0.4, 0.5) is 0 Å². The van der Waals surface area contributed by atoms with Gasteiger partial charge in [0.1, 0.15) is 0 Å². The standard InChI is InChI=1S/C12H22S/c1-12(2,3)13-11-9-7-5-4-6-8-10-11/h4-5,11H,6-10H2,1-3H3/b5-4-. The lowest BCUT2D eigenvalue weighted by molar-refractivity contribution is 0.643. The molecule has 1 heteroatoms. The van der Waals surface area contributed by atoms with E-state index in [-0.39, 0.29) is 0 Å². The third-order valence-corrected chi connectivity index (χ3v) is 3.75. The second-order valence-corrected chi connectivity index (χ2v) is 6.96. The summed E-state index contributed by atoms with van der Waals surface area (Å²) in [6.07, 6.45) is 11.4. The molecule has 0 aromatic carbocycles. The molecule has 1 unspecified atom stereocenters. The third kappa shape index (κ3) is 5.41. The van der Waals surface area contributed by atoms with E-state index in [1.807, 2.05) is 0 Å². The van der Waals surface area contributed by atoms with Crippen LogP contribution in [0.5, 0.6) is 0 Å². The minimum Gasteiger partial charge on any atom is -0.153 e. The Morgan fingerprint density at radius 2 is 1.77 bits per heavy atom. The summed E-state index contributed by atoms with van der Waals surface area (Å²) >= 11 is 2.17. The van der Waals surface area contributed by atoms with Crippen LogP contribution in [-0.2, 0) is 0 Å². The first kappa shape index (κ1) is 11.2. The first-order chi connectivity index (χ1) is 6.08. The molecule has 1 rings (SSSR count). The molecule has 1 aliphatic carbocycles. The van der Waals surface area contributed by atoms with Crippen molar-refractivity contribution in [3.63, 3.8) is 0 Å². The van der Waals surface area contributed by atoms with Crippen molar-refractivity contribution >= 4 is 11.8 Å². The van der Waals surface area contributed by atoms with Crippen LogP contribution in [0.2, 0.25) is 0 Å². The van der Waals surface area contributed by atoms with Gasteiger partial charge in [0.25, 0.3) is 0 Å². The fourth-order valence-corrected chi connectivity index (χ4v) is 3.28. The van der Waals surface area contributed by atoms with Gasteiger partial charge in [-0.15, -0.1) is 0 Å². The summed E-state index contributed by atoms with van der Waals surface area (Å²) in [6.45, 7) is 6.98. The zero-order valence-electron chi connectivity index (χ0n) is 9.18. The molecule has 0 aromatic rings. The summed E-state index contributed by atoms with van der Waals surface area (Å²) < 4.78 is 0.438. The zero-order chi connectivity index (χ0) is 9.73. The molecule has 0 saturated heterocycles. The predicted molar refractivity (Wildman–Crippen MR) is 63.4 cm³/mol. The maximum atomic E-state index is 2.36. The van der Waals surface area contributed by atoms with Crippen molar-refractivity contribution in [2.75, 3.05) is 0 Å². The van der Waals surface area contributed by atoms with Crippen LogP contribution in [0.25, 0.3) is 0 Å². The van der Waals surface area contributed by atoms with Crippen molar-refractivity contribution in [2.45, 2.75) is 62.9 Å².